The van der Waals surface area contributed by atoms with Crippen LogP contribution in [-0.2, 0) is 4.84 Å². The fourth-order valence-corrected chi connectivity index (χ4v) is 0.752. The fourth-order valence-electron chi connectivity index (χ4n) is 0.628. The van der Waals surface area contributed by atoms with Gasteiger partial charge in [0.25, 0.3) is 0 Å². The Bertz CT molecular complexity index is 178. The van der Waals surface area contributed by atoms with Gasteiger partial charge in [-0.3, -0.25) is 0 Å². The normalized spacial score (nSPS) is 18.2. The van der Waals surface area contributed by atoms with Crippen LogP contribution in [0, 0.1) is 0 Å². The zero-order valence-corrected chi connectivity index (χ0v) is 7.15. The second-order valence-corrected chi connectivity index (χ2v) is 2.97. The van der Waals surface area contributed by atoms with Crippen molar-refractivity contribution < 1.29 is 9.23 Å². The third kappa shape index (κ3) is 1.97. The summed E-state index contributed by atoms with van der Waals surface area (Å²) in [5, 5.41) is 1.21. The Morgan fingerprint density at radius 1 is 1.82 bits per heavy atom. The van der Waals surface area contributed by atoms with Gasteiger partial charge in [0.05, 0.1) is 12.1 Å². The number of halogens is 2. The molecule has 0 radical (unpaired) electrons. The van der Waals surface area contributed by atoms with Gasteiger partial charge in [-0.05, 0) is 13.8 Å². The Labute approximate surface area is 69.7 Å². The number of hydrogen-bond donors (Lipinski definition) is 1. The average Bonchev–Trinajstić information content (AvgIpc) is 2.32. The van der Waals surface area contributed by atoms with Crippen LogP contribution in [0.1, 0.15) is 13.8 Å². The molecule has 0 fully saturated rings. The highest BCUT2D eigenvalue weighted by molar-refractivity contribution is 6.19. The molecule has 0 atom stereocenters. The standard InChI is InChI=1S/C6H10ClFN2O/c1-6(2,8)10-4-5(3-7)11-9-10/h4,9H,3H2,1-2H3. The quantitative estimate of drug-likeness (QED) is 0.515. The molecule has 0 unspecified atom stereocenters. The lowest BCUT2D eigenvalue weighted by Gasteiger charge is -2.24. The van der Waals surface area contributed by atoms with Crippen molar-refractivity contribution in [3.05, 3.63) is 12.0 Å². The molecule has 0 spiro atoms. The van der Waals surface area contributed by atoms with Crippen molar-refractivity contribution in [1.29, 1.82) is 0 Å². The molecule has 0 aromatic rings. The van der Waals surface area contributed by atoms with E-state index in [0.29, 0.717) is 5.76 Å². The summed E-state index contributed by atoms with van der Waals surface area (Å²) in [6, 6.07) is 0. The topological polar surface area (TPSA) is 24.5 Å². The second-order valence-electron chi connectivity index (χ2n) is 2.70. The molecule has 1 aliphatic heterocycles. The number of hydrogen-bond acceptors (Lipinski definition) is 3. The summed E-state index contributed by atoms with van der Waals surface area (Å²) < 4.78 is 13.1. The molecule has 1 heterocycles. The summed E-state index contributed by atoms with van der Waals surface area (Å²) in [7, 11) is 0. The first-order valence-corrected chi connectivity index (χ1v) is 3.75. The van der Waals surface area contributed by atoms with Crippen LogP contribution in [0.5, 0.6) is 0 Å². The minimum Gasteiger partial charge on any atom is -0.390 e. The minimum absolute atomic E-state index is 0.236. The van der Waals surface area contributed by atoms with Gasteiger partial charge in [0.1, 0.15) is 0 Å². The van der Waals surface area contributed by atoms with E-state index in [-0.39, 0.29) is 5.88 Å². The van der Waals surface area contributed by atoms with Crippen LogP contribution in [0.25, 0.3) is 0 Å². The molecule has 0 aromatic heterocycles. The molecule has 3 nitrogen and oxygen atoms in total. The summed E-state index contributed by atoms with van der Waals surface area (Å²) in [5.41, 5.74) is 2.38. The van der Waals surface area contributed by atoms with E-state index in [1.54, 1.807) is 0 Å². The first-order chi connectivity index (χ1) is 5.04. The van der Waals surface area contributed by atoms with Gasteiger partial charge in [-0.25, -0.2) is 9.40 Å². The van der Waals surface area contributed by atoms with Gasteiger partial charge in [0, 0.05) is 0 Å². The monoisotopic (exact) mass is 180 g/mol. The van der Waals surface area contributed by atoms with Gasteiger partial charge >= 0.3 is 0 Å². The zero-order valence-electron chi connectivity index (χ0n) is 6.40. The molecule has 0 bridgehead atoms. The third-order valence-electron chi connectivity index (χ3n) is 1.25. The molecule has 64 valence electrons. The predicted molar refractivity (Wildman–Crippen MR) is 40.0 cm³/mol. The van der Waals surface area contributed by atoms with E-state index < -0.39 is 5.79 Å². The molecule has 0 aliphatic carbocycles. The maximum absolute atomic E-state index is 13.1. The molecular weight excluding hydrogens is 171 g/mol. The Morgan fingerprint density at radius 2 is 2.45 bits per heavy atom. The number of allylic oxidation sites excluding steroid dienone is 1. The molecule has 0 saturated carbocycles. The van der Waals surface area contributed by atoms with Crippen molar-refractivity contribution >= 4 is 11.6 Å². The Balaban J connectivity index is 2.59. The van der Waals surface area contributed by atoms with Crippen LogP contribution < -0.4 is 5.59 Å². The van der Waals surface area contributed by atoms with Crippen molar-refractivity contribution in [3.63, 3.8) is 0 Å². The summed E-state index contributed by atoms with van der Waals surface area (Å²) in [4.78, 5) is 4.81. The van der Waals surface area contributed by atoms with E-state index in [1.165, 1.54) is 25.1 Å². The van der Waals surface area contributed by atoms with Crippen molar-refractivity contribution in [2.24, 2.45) is 0 Å². The first kappa shape index (κ1) is 8.62. The maximum atomic E-state index is 13.1. The lowest BCUT2D eigenvalue weighted by molar-refractivity contribution is -0.0827. The smallest absolute Gasteiger partial charge is 0.192 e. The van der Waals surface area contributed by atoms with Gasteiger partial charge in [0.2, 0.25) is 0 Å². The van der Waals surface area contributed by atoms with E-state index in [4.69, 9.17) is 16.4 Å². The van der Waals surface area contributed by atoms with Crippen molar-refractivity contribution in [3.8, 4) is 0 Å². The lowest BCUT2D eigenvalue weighted by atomic mass is 10.3. The Kier molecular flexibility index (Phi) is 2.25. The molecule has 1 N–H and O–H groups in total. The van der Waals surface area contributed by atoms with E-state index in [2.05, 4.69) is 5.59 Å². The maximum Gasteiger partial charge on any atom is 0.192 e. The van der Waals surface area contributed by atoms with E-state index in [0.717, 1.165) is 0 Å². The highest BCUT2D eigenvalue weighted by Gasteiger charge is 2.28. The Hall–Kier alpha value is -0.480. The molecule has 0 aromatic carbocycles. The largest absolute Gasteiger partial charge is 0.390 e. The van der Waals surface area contributed by atoms with Crippen LogP contribution in [-0.4, -0.2) is 16.7 Å². The Morgan fingerprint density at radius 3 is 2.73 bits per heavy atom. The van der Waals surface area contributed by atoms with Crippen molar-refractivity contribution in [2.45, 2.75) is 19.6 Å². The molecule has 0 saturated heterocycles. The third-order valence-corrected chi connectivity index (χ3v) is 1.52. The summed E-state index contributed by atoms with van der Waals surface area (Å²) in [5.74, 6) is -0.731. The second kappa shape index (κ2) is 2.87. The van der Waals surface area contributed by atoms with Gasteiger partial charge in [0.15, 0.2) is 11.6 Å². The van der Waals surface area contributed by atoms with Crippen molar-refractivity contribution in [1.82, 2.24) is 10.6 Å². The van der Waals surface area contributed by atoms with Crippen LogP contribution in [0.15, 0.2) is 12.0 Å². The van der Waals surface area contributed by atoms with Gasteiger partial charge in [-0.15, -0.1) is 11.6 Å². The van der Waals surface area contributed by atoms with Gasteiger partial charge in [-0.1, -0.05) is 5.59 Å². The van der Waals surface area contributed by atoms with Gasteiger partial charge in [-0.2, -0.15) is 0 Å². The summed E-state index contributed by atoms with van der Waals surface area (Å²) in [6.45, 7) is 2.83. The molecular formula is C6H10ClFN2O. The molecule has 1 aliphatic rings. The zero-order chi connectivity index (χ0) is 8.48. The summed E-state index contributed by atoms with van der Waals surface area (Å²) in [6.07, 6.45) is 1.49. The molecule has 5 heteroatoms. The SMILES string of the molecule is CC(C)(F)N1C=C(CCl)ON1. The first-order valence-electron chi connectivity index (χ1n) is 3.21. The minimum atomic E-state index is -1.48. The highest BCUT2D eigenvalue weighted by Crippen LogP contribution is 2.19. The number of alkyl halides is 2. The number of nitrogens with one attached hydrogen (secondary N) is 1. The predicted octanol–water partition coefficient (Wildman–Crippen LogP) is 1.52. The highest BCUT2D eigenvalue weighted by atomic mass is 35.5. The van der Waals surface area contributed by atoms with Crippen LogP contribution in [0.3, 0.4) is 0 Å². The lowest BCUT2D eigenvalue weighted by Crippen LogP contribution is -2.42. The molecule has 11 heavy (non-hydrogen) atoms. The molecule has 1 rings (SSSR count). The summed E-state index contributed by atoms with van der Waals surface area (Å²) >= 11 is 5.44. The average molecular weight is 181 g/mol. The van der Waals surface area contributed by atoms with E-state index >= 15 is 0 Å². The van der Waals surface area contributed by atoms with Crippen LogP contribution >= 0.6 is 11.6 Å². The fraction of sp³-hybridized carbons (Fsp3) is 0.667. The van der Waals surface area contributed by atoms with Crippen LogP contribution in [0.4, 0.5) is 4.39 Å². The number of rotatable bonds is 2. The molecule has 0 amide bonds. The van der Waals surface area contributed by atoms with Gasteiger partial charge < -0.3 is 4.84 Å². The van der Waals surface area contributed by atoms with E-state index in [9.17, 15) is 4.39 Å². The number of nitrogens with zero attached hydrogens (tertiary/aromatic N) is 1. The van der Waals surface area contributed by atoms with Crippen molar-refractivity contribution in [2.75, 3.05) is 5.88 Å². The van der Waals surface area contributed by atoms with E-state index in [1.807, 2.05) is 0 Å². The van der Waals surface area contributed by atoms with Crippen LogP contribution in [0.2, 0.25) is 0 Å². The number of hydrazine groups is 1.